The van der Waals surface area contributed by atoms with Gasteiger partial charge in [0, 0.05) is 18.4 Å². The van der Waals surface area contributed by atoms with Crippen molar-refractivity contribution in [1.29, 1.82) is 0 Å². The van der Waals surface area contributed by atoms with Gasteiger partial charge < -0.3 is 9.84 Å². The van der Waals surface area contributed by atoms with Gasteiger partial charge in [-0.25, -0.2) is 13.4 Å². The van der Waals surface area contributed by atoms with Crippen LogP contribution in [0.5, 0.6) is 11.5 Å². The average Bonchev–Trinajstić information content (AvgIpc) is 3.25. The van der Waals surface area contributed by atoms with Crippen LogP contribution in [0.3, 0.4) is 0 Å². The van der Waals surface area contributed by atoms with Crippen LogP contribution in [0.1, 0.15) is 37.4 Å². The van der Waals surface area contributed by atoms with E-state index >= 15 is 0 Å². The van der Waals surface area contributed by atoms with Gasteiger partial charge in [0.1, 0.15) is 17.1 Å². The van der Waals surface area contributed by atoms with Crippen LogP contribution in [0.2, 0.25) is 0 Å². The van der Waals surface area contributed by atoms with Crippen molar-refractivity contribution in [2.24, 2.45) is 0 Å². The normalized spacial score (nSPS) is 12.2. The molecule has 0 saturated carbocycles. The third kappa shape index (κ3) is 5.97. The number of fused-ring (bicyclic) bond motifs is 1. The van der Waals surface area contributed by atoms with Crippen LogP contribution < -0.4 is 4.74 Å². The zero-order valence-electron chi connectivity index (χ0n) is 20.2. The Morgan fingerprint density at radius 1 is 0.973 bits per heavy atom. The van der Waals surface area contributed by atoms with E-state index in [0.29, 0.717) is 54.1 Å². The highest BCUT2D eigenvalue weighted by molar-refractivity contribution is 7.91. The molecule has 6 nitrogen and oxygen atoms in total. The molecular formula is C27H27F3N2O4S. The highest BCUT2D eigenvalue weighted by Crippen LogP contribution is 2.36. The maximum Gasteiger partial charge on any atom is 0.419 e. The Balaban J connectivity index is 1.65. The molecule has 2 aromatic heterocycles. The molecule has 0 aliphatic carbocycles. The number of hydrogen-bond donors (Lipinski definition) is 1. The van der Waals surface area contributed by atoms with Crippen molar-refractivity contribution in [3.63, 3.8) is 0 Å². The van der Waals surface area contributed by atoms with Gasteiger partial charge in [0.15, 0.2) is 9.84 Å². The minimum atomic E-state index is -4.54. The van der Waals surface area contributed by atoms with Gasteiger partial charge in [-0.15, -0.1) is 0 Å². The number of alkyl halides is 3. The van der Waals surface area contributed by atoms with E-state index in [1.807, 2.05) is 6.92 Å². The minimum absolute atomic E-state index is 0.0278. The number of aryl methyl sites for hydroxylation is 1. The first-order valence-electron chi connectivity index (χ1n) is 11.9. The minimum Gasteiger partial charge on any atom is -0.457 e. The fraction of sp³-hybridized carbons (Fsp3) is 0.296. The van der Waals surface area contributed by atoms with E-state index in [1.54, 1.807) is 42.6 Å². The second-order valence-corrected chi connectivity index (χ2v) is 10.7. The molecule has 0 amide bonds. The number of aliphatic hydroxyl groups is 1. The Morgan fingerprint density at radius 2 is 1.70 bits per heavy atom. The molecule has 37 heavy (non-hydrogen) atoms. The molecule has 0 aliphatic rings. The summed E-state index contributed by atoms with van der Waals surface area (Å²) in [4.78, 5) is 4.42. The summed E-state index contributed by atoms with van der Waals surface area (Å²) < 4.78 is 73.5. The van der Waals surface area contributed by atoms with Gasteiger partial charge in [-0.05, 0) is 61.7 Å². The molecule has 0 atom stereocenters. The number of imidazole rings is 1. The Bertz CT molecular complexity index is 1500. The van der Waals surface area contributed by atoms with Crippen molar-refractivity contribution >= 4 is 15.5 Å². The molecule has 0 aliphatic heterocycles. The standard InChI is InChI=1S/C27H27F3N2O4S/c1-2-24-25(32-14-8-13-23(26(32)31-24)27(28,29)30)19-9-6-10-20(17-19)36-21-11-7-12-22(18-21)37(34,35)16-5-3-4-15-33/h6-14,17-18,33H,2-5,15-16H2,1H3. The van der Waals surface area contributed by atoms with E-state index in [9.17, 15) is 21.6 Å². The predicted molar refractivity (Wildman–Crippen MR) is 135 cm³/mol. The number of nitrogens with zero attached hydrogens (tertiary/aromatic N) is 2. The molecule has 0 saturated heterocycles. The smallest absolute Gasteiger partial charge is 0.419 e. The number of halogens is 3. The number of aromatic nitrogens is 2. The third-order valence-corrected chi connectivity index (χ3v) is 7.74. The molecule has 0 fully saturated rings. The van der Waals surface area contributed by atoms with Gasteiger partial charge in [0.25, 0.3) is 0 Å². The Kier molecular flexibility index (Phi) is 7.89. The second kappa shape index (κ2) is 10.9. The Hall–Kier alpha value is -3.37. The van der Waals surface area contributed by atoms with E-state index in [4.69, 9.17) is 9.84 Å². The predicted octanol–water partition coefficient (Wildman–Crippen LogP) is 6.31. The van der Waals surface area contributed by atoms with E-state index in [0.717, 1.165) is 6.07 Å². The van der Waals surface area contributed by atoms with Gasteiger partial charge in [-0.2, -0.15) is 13.2 Å². The van der Waals surface area contributed by atoms with Gasteiger partial charge in [-0.3, -0.25) is 4.40 Å². The zero-order chi connectivity index (χ0) is 26.6. The lowest BCUT2D eigenvalue weighted by Crippen LogP contribution is -2.07. The summed E-state index contributed by atoms with van der Waals surface area (Å²) in [5.41, 5.74) is 0.702. The first kappa shape index (κ1) is 26.7. The lowest BCUT2D eigenvalue weighted by Gasteiger charge is -2.11. The van der Waals surface area contributed by atoms with Gasteiger partial charge in [0.05, 0.1) is 27.6 Å². The molecule has 4 rings (SSSR count). The molecule has 0 bridgehead atoms. The summed E-state index contributed by atoms with van der Waals surface area (Å²) in [7, 11) is -3.51. The first-order chi connectivity index (χ1) is 17.6. The molecule has 0 spiro atoms. The lowest BCUT2D eigenvalue weighted by atomic mass is 10.1. The maximum absolute atomic E-state index is 13.6. The fourth-order valence-electron chi connectivity index (χ4n) is 4.16. The summed E-state index contributed by atoms with van der Waals surface area (Å²) in [6.45, 7) is 1.86. The number of aliphatic hydroxyl groups excluding tert-OH is 1. The molecule has 2 aromatic carbocycles. The fourth-order valence-corrected chi connectivity index (χ4v) is 5.56. The molecule has 196 valence electrons. The van der Waals surface area contributed by atoms with Crippen molar-refractivity contribution in [3.8, 4) is 22.8 Å². The van der Waals surface area contributed by atoms with Crippen molar-refractivity contribution in [1.82, 2.24) is 9.38 Å². The van der Waals surface area contributed by atoms with E-state index < -0.39 is 21.6 Å². The summed E-state index contributed by atoms with van der Waals surface area (Å²) in [5.74, 6) is 0.695. The summed E-state index contributed by atoms with van der Waals surface area (Å²) >= 11 is 0. The number of sulfone groups is 1. The number of rotatable bonds is 10. The molecule has 0 radical (unpaired) electrons. The van der Waals surface area contributed by atoms with Crippen molar-refractivity contribution in [3.05, 3.63) is 78.1 Å². The van der Waals surface area contributed by atoms with Gasteiger partial charge >= 0.3 is 6.18 Å². The lowest BCUT2D eigenvalue weighted by molar-refractivity contribution is -0.136. The largest absolute Gasteiger partial charge is 0.457 e. The number of hydrogen-bond acceptors (Lipinski definition) is 5. The third-order valence-electron chi connectivity index (χ3n) is 5.94. The molecular weight excluding hydrogens is 505 g/mol. The van der Waals surface area contributed by atoms with Crippen LogP contribution in [-0.2, 0) is 22.4 Å². The van der Waals surface area contributed by atoms with E-state index in [-0.39, 0.29) is 22.9 Å². The second-order valence-electron chi connectivity index (χ2n) is 8.58. The quantitative estimate of drug-likeness (QED) is 0.242. The monoisotopic (exact) mass is 532 g/mol. The Labute approximate surface area is 213 Å². The summed E-state index contributed by atoms with van der Waals surface area (Å²) in [6.07, 6.45) is -0.937. The summed E-state index contributed by atoms with van der Waals surface area (Å²) in [6, 6.07) is 15.4. The van der Waals surface area contributed by atoms with Crippen molar-refractivity contribution < 1.29 is 31.4 Å². The highest BCUT2D eigenvalue weighted by atomic mass is 32.2. The van der Waals surface area contributed by atoms with Crippen LogP contribution in [0.25, 0.3) is 16.9 Å². The number of unbranched alkanes of at least 4 members (excludes halogenated alkanes) is 2. The van der Waals surface area contributed by atoms with Gasteiger partial charge in [-0.1, -0.05) is 31.5 Å². The van der Waals surface area contributed by atoms with Crippen LogP contribution >= 0.6 is 0 Å². The Morgan fingerprint density at radius 3 is 2.41 bits per heavy atom. The SMILES string of the molecule is CCc1nc2c(C(F)(F)F)cccn2c1-c1cccc(Oc2cccc(S(=O)(=O)CCCCCO)c2)c1. The number of ether oxygens (including phenoxy) is 1. The molecule has 4 aromatic rings. The molecule has 10 heteroatoms. The van der Waals surface area contributed by atoms with E-state index in [2.05, 4.69) is 4.98 Å². The van der Waals surface area contributed by atoms with Crippen LogP contribution in [0, 0.1) is 0 Å². The summed E-state index contributed by atoms with van der Waals surface area (Å²) in [5, 5.41) is 8.88. The first-order valence-corrected chi connectivity index (χ1v) is 13.6. The van der Waals surface area contributed by atoms with Gasteiger partial charge in [0.2, 0.25) is 0 Å². The number of benzene rings is 2. The van der Waals surface area contributed by atoms with Crippen LogP contribution in [0.15, 0.2) is 71.8 Å². The van der Waals surface area contributed by atoms with Crippen LogP contribution in [-0.4, -0.2) is 35.3 Å². The topological polar surface area (TPSA) is 80.9 Å². The van der Waals surface area contributed by atoms with Crippen molar-refractivity contribution in [2.75, 3.05) is 12.4 Å². The molecule has 1 N–H and O–H groups in total. The maximum atomic E-state index is 13.6. The number of pyridine rings is 1. The average molecular weight is 533 g/mol. The highest BCUT2D eigenvalue weighted by Gasteiger charge is 2.34. The van der Waals surface area contributed by atoms with Crippen molar-refractivity contribution in [2.45, 2.75) is 43.7 Å². The van der Waals surface area contributed by atoms with Crippen LogP contribution in [0.4, 0.5) is 13.2 Å². The zero-order valence-corrected chi connectivity index (χ0v) is 21.0. The molecule has 2 heterocycles. The van der Waals surface area contributed by atoms with E-state index in [1.165, 1.54) is 22.6 Å². The molecule has 0 unspecified atom stereocenters.